The summed E-state index contributed by atoms with van der Waals surface area (Å²) in [5.41, 5.74) is 3.92. The molecule has 1 N–H and O–H groups in total. The molecule has 3 heteroatoms. The minimum Gasteiger partial charge on any atom is -0.478 e. The Labute approximate surface area is 126 Å². The third-order valence-corrected chi connectivity index (χ3v) is 3.82. The quantitative estimate of drug-likeness (QED) is 0.919. The van der Waals surface area contributed by atoms with Crippen molar-refractivity contribution >= 4 is 5.97 Å². The molecule has 0 radical (unpaired) electrons. The van der Waals surface area contributed by atoms with Crippen LogP contribution in [-0.2, 0) is 18.4 Å². The van der Waals surface area contributed by atoms with Crippen LogP contribution in [0.15, 0.2) is 36.5 Å². The standard InChI is InChI=1S/C18H23NO2/c1-5-16-15(17(20)21)10-11-19(16)12-13-6-8-14(9-7-13)18(2,3)4/h6-11H,5,12H2,1-4H3,(H,20,21). The van der Waals surface area contributed by atoms with Crippen molar-refractivity contribution in [3.05, 3.63) is 58.9 Å². The predicted octanol–water partition coefficient (Wildman–Crippen LogP) is 4.09. The van der Waals surface area contributed by atoms with E-state index in [1.54, 1.807) is 6.07 Å². The van der Waals surface area contributed by atoms with Crippen LogP contribution in [0.5, 0.6) is 0 Å². The fourth-order valence-corrected chi connectivity index (χ4v) is 2.55. The lowest BCUT2D eigenvalue weighted by Crippen LogP contribution is -2.11. The largest absolute Gasteiger partial charge is 0.478 e. The number of rotatable bonds is 4. The van der Waals surface area contributed by atoms with Crippen LogP contribution >= 0.6 is 0 Å². The van der Waals surface area contributed by atoms with Gasteiger partial charge in [-0.15, -0.1) is 0 Å². The summed E-state index contributed by atoms with van der Waals surface area (Å²) in [6.07, 6.45) is 2.58. The van der Waals surface area contributed by atoms with Crippen LogP contribution < -0.4 is 0 Å². The number of hydrogen-bond donors (Lipinski definition) is 1. The van der Waals surface area contributed by atoms with Crippen molar-refractivity contribution in [2.75, 3.05) is 0 Å². The van der Waals surface area contributed by atoms with Crippen molar-refractivity contribution in [2.24, 2.45) is 0 Å². The second-order valence-electron chi connectivity index (χ2n) is 6.41. The van der Waals surface area contributed by atoms with Gasteiger partial charge in [0.25, 0.3) is 0 Å². The first-order valence-corrected chi connectivity index (χ1v) is 7.33. The molecule has 112 valence electrons. The molecule has 0 unspecified atom stereocenters. The van der Waals surface area contributed by atoms with E-state index in [1.807, 2.05) is 17.7 Å². The van der Waals surface area contributed by atoms with E-state index in [0.29, 0.717) is 18.5 Å². The number of carbonyl (C=O) groups is 1. The molecule has 0 aliphatic heterocycles. The molecule has 0 aliphatic rings. The van der Waals surface area contributed by atoms with Crippen molar-refractivity contribution in [1.29, 1.82) is 0 Å². The third-order valence-electron chi connectivity index (χ3n) is 3.82. The number of carboxylic acid groups (broad SMARTS) is 1. The predicted molar refractivity (Wildman–Crippen MR) is 85.0 cm³/mol. The summed E-state index contributed by atoms with van der Waals surface area (Å²) in [7, 11) is 0. The van der Waals surface area contributed by atoms with Gasteiger partial charge in [-0.1, -0.05) is 52.0 Å². The number of carboxylic acids is 1. The van der Waals surface area contributed by atoms with Crippen LogP contribution in [0.3, 0.4) is 0 Å². The first-order chi connectivity index (χ1) is 9.82. The van der Waals surface area contributed by atoms with Crippen LogP contribution in [0.2, 0.25) is 0 Å². The Morgan fingerprint density at radius 3 is 2.24 bits per heavy atom. The molecule has 0 fully saturated rings. The van der Waals surface area contributed by atoms with Gasteiger partial charge in [0.15, 0.2) is 0 Å². The molecule has 0 atom stereocenters. The highest BCUT2D eigenvalue weighted by Gasteiger charge is 2.15. The SMILES string of the molecule is CCc1c(C(=O)O)ccn1Cc1ccc(C(C)(C)C)cc1. The molecule has 0 bridgehead atoms. The Balaban J connectivity index is 2.25. The van der Waals surface area contributed by atoms with Crippen molar-refractivity contribution in [2.45, 2.75) is 46.1 Å². The maximum Gasteiger partial charge on any atom is 0.337 e. The Morgan fingerprint density at radius 1 is 1.14 bits per heavy atom. The second kappa shape index (κ2) is 5.76. The highest BCUT2D eigenvalue weighted by Crippen LogP contribution is 2.23. The lowest BCUT2D eigenvalue weighted by Gasteiger charge is -2.19. The molecule has 21 heavy (non-hydrogen) atoms. The maximum atomic E-state index is 11.2. The fraction of sp³-hybridized carbons (Fsp3) is 0.389. The molecule has 0 spiro atoms. The van der Waals surface area contributed by atoms with Crippen molar-refractivity contribution in [1.82, 2.24) is 4.57 Å². The number of aromatic carboxylic acids is 1. The smallest absolute Gasteiger partial charge is 0.337 e. The normalized spacial score (nSPS) is 11.6. The highest BCUT2D eigenvalue weighted by molar-refractivity contribution is 5.89. The van der Waals surface area contributed by atoms with Crippen LogP contribution in [0.1, 0.15) is 54.9 Å². The van der Waals surface area contributed by atoms with E-state index in [4.69, 9.17) is 0 Å². The first-order valence-electron chi connectivity index (χ1n) is 7.33. The van der Waals surface area contributed by atoms with Gasteiger partial charge in [0.1, 0.15) is 0 Å². The third kappa shape index (κ3) is 3.35. The zero-order valence-electron chi connectivity index (χ0n) is 13.2. The van der Waals surface area contributed by atoms with Gasteiger partial charge in [0.05, 0.1) is 5.56 Å². The van der Waals surface area contributed by atoms with E-state index < -0.39 is 5.97 Å². The van der Waals surface area contributed by atoms with E-state index in [2.05, 4.69) is 45.0 Å². The van der Waals surface area contributed by atoms with Crippen molar-refractivity contribution < 1.29 is 9.90 Å². The van der Waals surface area contributed by atoms with Crippen LogP contribution in [0.4, 0.5) is 0 Å². The van der Waals surface area contributed by atoms with Crippen LogP contribution in [0.25, 0.3) is 0 Å². The zero-order chi connectivity index (χ0) is 15.6. The highest BCUT2D eigenvalue weighted by atomic mass is 16.4. The lowest BCUT2D eigenvalue weighted by molar-refractivity contribution is 0.0695. The summed E-state index contributed by atoms with van der Waals surface area (Å²) in [5.74, 6) is -0.853. The average Bonchev–Trinajstić information content (AvgIpc) is 2.81. The molecule has 2 rings (SSSR count). The Morgan fingerprint density at radius 2 is 1.76 bits per heavy atom. The Kier molecular flexibility index (Phi) is 4.21. The Bertz CT molecular complexity index is 630. The van der Waals surface area contributed by atoms with Crippen LogP contribution in [0, 0.1) is 0 Å². The molecule has 1 heterocycles. The summed E-state index contributed by atoms with van der Waals surface area (Å²) in [4.78, 5) is 11.2. The molecule has 0 amide bonds. The van der Waals surface area contributed by atoms with Gasteiger partial charge in [-0.2, -0.15) is 0 Å². The second-order valence-corrected chi connectivity index (χ2v) is 6.41. The van der Waals surface area contributed by atoms with Gasteiger partial charge in [-0.05, 0) is 29.0 Å². The molecular weight excluding hydrogens is 262 g/mol. The molecule has 2 aromatic rings. The number of nitrogens with zero attached hydrogens (tertiary/aromatic N) is 1. The Hall–Kier alpha value is -2.03. The van der Waals surface area contributed by atoms with E-state index in [9.17, 15) is 9.90 Å². The summed E-state index contributed by atoms with van der Waals surface area (Å²) >= 11 is 0. The van der Waals surface area contributed by atoms with E-state index in [0.717, 1.165) is 5.69 Å². The van der Waals surface area contributed by atoms with Gasteiger partial charge in [0.2, 0.25) is 0 Å². The summed E-state index contributed by atoms with van der Waals surface area (Å²) in [5, 5.41) is 9.19. The van der Waals surface area contributed by atoms with E-state index in [1.165, 1.54) is 11.1 Å². The summed E-state index contributed by atoms with van der Waals surface area (Å²) in [6.45, 7) is 9.29. The van der Waals surface area contributed by atoms with Crippen molar-refractivity contribution in [3.63, 3.8) is 0 Å². The van der Waals surface area contributed by atoms with Crippen molar-refractivity contribution in [3.8, 4) is 0 Å². The summed E-state index contributed by atoms with van der Waals surface area (Å²) < 4.78 is 2.02. The molecule has 0 saturated carbocycles. The number of benzene rings is 1. The van der Waals surface area contributed by atoms with Crippen LogP contribution in [-0.4, -0.2) is 15.6 Å². The van der Waals surface area contributed by atoms with E-state index in [-0.39, 0.29) is 5.41 Å². The molecule has 1 aromatic heterocycles. The lowest BCUT2D eigenvalue weighted by atomic mass is 9.87. The van der Waals surface area contributed by atoms with Gasteiger partial charge < -0.3 is 9.67 Å². The molecule has 0 aliphatic carbocycles. The molecular formula is C18H23NO2. The van der Waals surface area contributed by atoms with Gasteiger partial charge in [0, 0.05) is 18.4 Å². The maximum absolute atomic E-state index is 11.2. The molecule has 3 nitrogen and oxygen atoms in total. The fourth-order valence-electron chi connectivity index (χ4n) is 2.55. The molecule has 1 aromatic carbocycles. The average molecular weight is 285 g/mol. The minimum absolute atomic E-state index is 0.150. The number of hydrogen-bond acceptors (Lipinski definition) is 1. The summed E-state index contributed by atoms with van der Waals surface area (Å²) in [6, 6.07) is 10.2. The van der Waals surface area contributed by atoms with E-state index >= 15 is 0 Å². The molecule has 0 saturated heterocycles. The van der Waals surface area contributed by atoms with Gasteiger partial charge in [-0.3, -0.25) is 0 Å². The number of aromatic nitrogens is 1. The first kappa shape index (κ1) is 15.4. The monoisotopic (exact) mass is 285 g/mol. The van der Waals surface area contributed by atoms with Gasteiger partial charge in [-0.25, -0.2) is 4.79 Å². The minimum atomic E-state index is -0.853. The van der Waals surface area contributed by atoms with Gasteiger partial charge >= 0.3 is 5.97 Å². The topological polar surface area (TPSA) is 42.2 Å². The zero-order valence-corrected chi connectivity index (χ0v) is 13.2.